The number of Topliss-reactive ketones (excluding diaryl/α,β-unsaturated/α-hetero) is 1. The number of aliphatic hydroxyl groups is 1. The molecule has 0 spiro atoms. The molecule has 3 rings (SSSR count). The quantitative estimate of drug-likeness (QED) is 0.258. The van der Waals surface area contributed by atoms with Crippen LogP contribution in [-0.4, -0.2) is 10.9 Å². The van der Waals surface area contributed by atoms with Gasteiger partial charge in [0.2, 0.25) is 26.9 Å². The standard InChI is InChI=1S/C34H46O2S2/c1-21(2)29-19-24(20-30(38-29)22(3)4)18-28-31(35)27(32(28)36)17-23-15-25(11-13-33(5,6)7)37-26(16-23)12-14-34(8,9)10/h15-22H,11-14H2,1-10H3/p+1. The number of aliphatic hydroxyl groups excluding tert-OH is 1. The van der Waals surface area contributed by atoms with E-state index in [1.165, 1.54) is 19.6 Å². The Bertz CT molecular complexity index is 1160. The summed E-state index contributed by atoms with van der Waals surface area (Å²) in [6.07, 6.45) is 12.4. The SMILES string of the molecule is CC(C)c1cc(C=C2C(=O)C(C=C3C=C(CCC(C)(C)C)SC(CCC(C)(C)C)=C3)=C2O)cc(C(C)C)[s+]1. The van der Waals surface area contributed by atoms with Crippen molar-refractivity contribution >= 4 is 35.0 Å². The summed E-state index contributed by atoms with van der Waals surface area (Å²) < 4.78 is 0. The first-order valence-electron chi connectivity index (χ1n) is 14.0. The maximum absolute atomic E-state index is 13.2. The van der Waals surface area contributed by atoms with E-state index in [9.17, 15) is 9.90 Å². The predicted molar refractivity (Wildman–Crippen MR) is 169 cm³/mol. The molecule has 1 N–H and O–H groups in total. The molecule has 0 saturated heterocycles. The van der Waals surface area contributed by atoms with Crippen molar-refractivity contribution in [3.63, 3.8) is 0 Å². The summed E-state index contributed by atoms with van der Waals surface area (Å²) in [5.41, 5.74) is 3.37. The minimum Gasteiger partial charge on any atom is -0.506 e. The van der Waals surface area contributed by atoms with Crippen molar-refractivity contribution in [3.05, 3.63) is 78.0 Å². The predicted octanol–water partition coefficient (Wildman–Crippen LogP) is 11.1. The van der Waals surface area contributed by atoms with Crippen LogP contribution in [0.3, 0.4) is 0 Å². The van der Waals surface area contributed by atoms with Crippen LogP contribution in [0.2, 0.25) is 0 Å². The second-order valence-electron chi connectivity index (χ2n) is 13.7. The van der Waals surface area contributed by atoms with Crippen molar-refractivity contribution in [2.45, 2.75) is 107 Å². The van der Waals surface area contributed by atoms with Gasteiger partial charge in [-0.05, 0) is 81.8 Å². The molecule has 2 nitrogen and oxygen atoms in total. The van der Waals surface area contributed by atoms with Crippen LogP contribution in [0.4, 0.5) is 0 Å². The number of thioether (sulfide) groups is 1. The molecule has 0 atom stereocenters. The topological polar surface area (TPSA) is 37.3 Å². The summed E-state index contributed by atoms with van der Waals surface area (Å²) in [7, 11) is 0. The average Bonchev–Trinajstić information content (AvgIpc) is 2.82. The minimum absolute atomic E-state index is 0.0766. The summed E-state index contributed by atoms with van der Waals surface area (Å²) in [5, 5.41) is 10.9. The largest absolute Gasteiger partial charge is 0.506 e. The van der Waals surface area contributed by atoms with Crippen LogP contribution in [0.5, 0.6) is 0 Å². The molecule has 4 heteroatoms. The van der Waals surface area contributed by atoms with Gasteiger partial charge in [0.1, 0.15) is 5.76 Å². The van der Waals surface area contributed by atoms with Crippen molar-refractivity contribution in [1.29, 1.82) is 0 Å². The molecule has 0 radical (unpaired) electrons. The summed E-state index contributed by atoms with van der Waals surface area (Å²) in [4.78, 5) is 18.5. The van der Waals surface area contributed by atoms with Gasteiger partial charge in [-0.3, -0.25) is 4.79 Å². The number of allylic oxidation sites excluding steroid dienone is 8. The number of hydrogen-bond donors (Lipinski definition) is 1. The number of rotatable bonds is 8. The van der Waals surface area contributed by atoms with Gasteiger partial charge in [-0.1, -0.05) is 81.0 Å². The van der Waals surface area contributed by atoms with E-state index in [1.807, 2.05) is 35.3 Å². The van der Waals surface area contributed by atoms with Crippen molar-refractivity contribution < 1.29 is 9.90 Å². The highest BCUT2D eigenvalue weighted by atomic mass is 32.2. The fraction of sp³-hybridized carbons (Fsp3) is 0.529. The third kappa shape index (κ3) is 8.55. The van der Waals surface area contributed by atoms with E-state index in [0.717, 1.165) is 36.8 Å². The van der Waals surface area contributed by atoms with Gasteiger partial charge in [-0.2, -0.15) is 0 Å². The first-order valence-corrected chi connectivity index (χ1v) is 15.6. The highest BCUT2D eigenvalue weighted by Crippen LogP contribution is 2.42. The van der Waals surface area contributed by atoms with Crippen LogP contribution in [0.1, 0.15) is 122 Å². The van der Waals surface area contributed by atoms with E-state index in [2.05, 4.69) is 93.5 Å². The normalized spacial score (nSPS) is 17.8. The van der Waals surface area contributed by atoms with Crippen LogP contribution < -0.4 is 0 Å². The number of ketones is 1. The van der Waals surface area contributed by atoms with Gasteiger partial charge in [0.15, 0.2) is 0 Å². The fourth-order valence-electron chi connectivity index (χ4n) is 4.23. The molecule has 0 bridgehead atoms. The zero-order valence-corrected chi connectivity index (χ0v) is 26.8. The molecule has 206 valence electrons. The third-order valence-corrected chi connectivity index (χ3v) is 9.59. The summed E-state index contributed by atoms with van der Waals surface area (Å²) in [5.74, 6) is 0.868. The van der Waals surface area contributed by atoms with Gasteiger partial charge in [-0.25, -0.2) is 0 Å². The molecule has 0 fully saturated rings. The molecule has 1 aliphatic carbocycles. The Hall–Kier alpha value is -1.91. The highest BCUT2D eigenvalue weighted by Gasteiger charge is 2.33. The van der Waals surface area contributed by atoms with Gasteiger partial charge < -0.3 is 5.11 Å². The van der Waals surface area contributed by atoms with Gasteiger partial charge in [0.05, 0.1) is 11.1 Å². The molecule has 0 amide bonds. The molecule has 1 aromatic rings. The second kappa shape index (κ2) is 12.1. The van der Waals surface area contributed by atoms with Crippen molar-refractivity contribution in [1.82, 2.24) is 0 Å². The molecular formula is C34H47O2S2+. The summed E-state index contributed by atoms with van der Waals surface area (Å²) in [6.45, 7) is 22.4. The molecular weight excluding hydrogens is 505 g/mol. The zero-order chi connectivity index (χ0) is 28.4. The van der Waals surface area contributed by atoms with Gasteiger partial charge in [-0.15, -0.1) is 0 Å². The maximum Gasteiger partial charge on any atom is 0.218 e. The lowest BCUT2D eigenvalue weighted by molar-refractivity contribution is -0.113. The lowest BCUT2D eigenvalue weighted by atomic mass is 9.85. The summed E-state index contributed by atoms with van der Waals surface area (Å²) in [6, 6.07) is 4.30. The Morgan fingerprint density at radius 1 is 0.842 bits per heavy atom. The number of carbonyl (C=O) groups excluding carboxylic acids is 1. The minimum atomic E-state index is -0.0766. The second-order valence-corrected chi connectivity index (χ2v) is 16.1. The zero-order valence-electron chi connectivity index (χ0n) is 25.1. The van der Waals surface area contributed by atoms with Gasteiger partial charge in [0.25, 0.3) is 0 Å². The monoisotopic (exact) mass is 551 g/mol. The van der Waals surface area contributed by atoms with E-state index >= 15 is 0 Å². The Morgan fingerprint density at radius 2 is 1.32 bits per heavy atom. The number of hydrogen-bond acceptors (Lipinski definition) is 3. The van der Waals surface area contributed by atoms with Gasteiger partial charge >= 0.3 is 0 Å². The molecule has 0 aromatic carbocycles. The Morgan fingerprint density at radius 3 is 1.71 bits per heavy atom. The van der Waals surface area contributed by atoms with E-state index in [1.54, 1.807) is 0 Å². The molecule has 2 aliphatic rings. The van der Waals surface area contributed by atoms with E-state index in [0.29, 0.717) is 23.0 Å². The first kappa shape index (κ1) is 30.6. The lowest BCUT2D eigenvalue weighted by Gasteiger charge is -2.24. The number of carbonyl (C=O) groups is 1. The highest BCUT2D eigenvalue weighted by molar-refractivity contribution is 8.06. The van der Waals surface area contributed by atoms with Crippen molar-refractivity contribution in [2.24, 2.45) is 10.8 Å². The van der Waals surface area contributed by atoms with E-state index < -0.39 is 0 Å². The van der Waals surface area contributed by atoms with Crippen molar-refractivity contribution in [2.75, 3.05) is 0 Å². The smallest absolute Gasteiger partial charge is 0.218 e. The summed E-state index contributed by atoms with van der Waals surface area (Å²) >= 11 is 3.72. The van der Waals surface area contributed by atoms with Crippen LogP contribution in [-0.2, 0) is 4.79 Å². The van der Waals surface area contributed by atoms with Crippen LogP contribution in [0.25, 0.3) is 6.08 Å². The Labute approximate surface area is 239 Å². The molecule has 2 heterocycles. The Kier molecular flexibility index (Phi) is 9.74. The van der Waals surface area contributed by atoms with Crippen LogP contribution >= 0.6 is 23.1 Å². The molecule has 1 aliphatic heterocycles. The van der Waals surface area contributed by atoms with Crippen LogP contribution in [0.15, 0.2) is 62.6 Å². The Balaban J connectivity index is 1.93. The fourth-order valence-corrected chi connectivity index (χ4v) is 6.50. The third-order valence-electron chi connectivity index (χ3n) is 6.77. The maximum atomic E-state index is 13.2. The van der Waals surface area contributed by atoms with E-state index in [4.69, 9.17) is 0 Å². The lowest BCUT2D eigenvalue weighted by Crippen LogP contribution is -2.21. The van der Waals surface area contributed by atoms with E-state index in [-0.39, 0.29) is 22.4 Å². The van der Waals surface area contributed by atoms with Gasteiger partial charge in [0, 0.05) is 24.0 Å². The van der Waals surface area contributed by atoms with Crippen molar-refractivity contribution in [3.8, 4) is 0 Å². The first-order chi connectivity index (χ1) is 17.5. The van der Waals surface area contributed by atoms with Crippen LogP contribution in [0, 0.1) is 10.8 Å². The molecule has 0 saturated carbocycles. The average molecular weight is 552 g/mol. The molecule has 1 aromatic heterocycles. The molecule has 0 unspecified atom stereocenters. The molecule has 38 heavy (non-hydrogen) atoms.